The van der Waals surface area contributed by atoms with Gasteiger partial charge in [0, 0.05) is 12.1 Å². The second kappa shape index (κ2) is 5.87. The molecule has 19 heavy (non-hydrogen) atoms. The van der Waals surface area contributed by atoms with E-state index in [1.807, 2.05) is 6.07 Å². The fourth-order valence-corrected chi connectivity index (χ4v) is 2.51. The van der Waals surface area contributed by atoms with Crippen LogP contribution in [0.2, 0.25) is 0 Å². The summed E-state index contributed by atoms with van der Waals surface area (Å²) in [5, 5.41) is 3.34. The topological polar surface area (TPSA) is 24.9 Å². The van der Waals surface area contributed by atoms with Crippen LogP contribution in [0.1, 0.15) is 30.0 Å². The Morgan fingerprint density at radius 3 is 2.37 bits per heavy atom. The molecule has 2 aromatic rings. The van der Waals surface area contributed by atoms with Crippen LogP contribution >= 0.6 is 0 Å². The molecule has 1 heterocycles. The van der Waals surface area contributed by atoms with Crippen LogP contribution in [0.4, 0.5) is 5.82 Å². The fraction of sp³-hybridized carbons (Fsp3) is 0.353. The van der Waals surface area contributed by atoms with Crippen LogP contribution in [0.15, 0.2) is 30.3 Å². The first-order valence-corrected chi connectivity index (χ1v) is 6.91. The number of nitrogens with one attached hydrogen (secondary N) is 1. The molecule has 1 N–H and O–H groups in total. The van der Waals surface area contributed by atoms with Gasteiger partial charge in [-0.2, -0.15) is 0 Å². The highest BCUT2D eigenvalue weighted by atomic mass is 15.0. The quantitative estimate of drug-likeness (QED) is 0.869. The van der Waals surface area contributed by atoms with E-state index in [9.17, 15) is 0 Å². The zero-order valence-electron chi connectivity index (χ0n) is 12.2. The van der Waals surface area contributed by atoms with Gasteiger partial charge in [-0.15, -0.1) is 0 Å². The van der Waals surface area contributed by atoms with Crippen LogP contribution in [0.3, 0.4) is 0 Å². The number of rotatable bonds is 4. The van der Waals surface area contributed by atoms with Crippen LogP contribution in [0, 0.1) is 20.8 Å². The highest BCUT2D eigenvalue weighted by Crippen LogP contribution is 2.27. The summed E-state index contributed by atoms with van der Waals surface area (Å²) < 4.78 is 0. The monoisotopic (exact) mass is 254 g/mol. The van der Waals surface area contributed by atoms with Crippen LogP contribution in [-0.2, 0) is 0 Å². The number of aromatic nitrogens is 1. The lowest BCUT2D eigenvalue weighted by molar-refractivity contribution is 0.969. The molecule has 0 bridgehead atoms. The Bertz CT molecular complexity index is 550. The van der Waals surface area contributed by atoms with Crippen molar-refractivity contribution >= 4 is 5.82 Å². The summed E-state index contributed by atoms with van der Waals surface area (Å²) in [4.78, 5) is 4.72. The minimum absolute atomic E-state index is 0.957. The van der Waals surface area contributed by atoms with E-state index >= 15 is 0 Å². The maximum atomic E-state index is 4.72. The number of aryl methyl sites for hydroxylation is 3. The lowest BCUT2D eigenvalue weighted by Gasteiger charge is -2.12. The van der Waals surface area contributed by atoms with E-state index < -0.39 is 0 Å². The lowest BCUT2D eigenvalue weighted by Crippen LogP contribution is -2.02. The van der Waals surface area contributed by atoms with Gasteiger partial charge in [0.2, 0.25) is 0 Å². The lowest BCUT2D eigenvalue weighted by atomic mass is 9.97. The van der Waals surface area contributed by atoms with Crippen LogP contribution in [0.25, 0.3) is 11.3 Å². The molecular weight excluding hydrogens is 232 g/mol. The predicted octanol–water partition coefficient (Wildman–Crippen LogP) is 4.50. The van der Waals surface area contributed by atoms with Crippen molar-refractivity contribution in [2.45, 2.75) is 34.1 Å². The Kier molecular flexibility index (Phi) is 4.20. The predicted molar refractivity (Wildman–Crippen MR) is 82.7 cm³/mol. The van der Waals surface area contributed by atoms with E-state index in [0.29, 0.717) is 0 Å². The van der Waals surface area contributed by atoms with E-state index in [2.05, 4.69) is 57.3 Å². The molecule has 0 saturated carbocycles. The molecule has 2 heteroatoms. The first-order chi connectivity index (χ1) is 9.11. The molecule has 0 amide bonds. The SMILES string of the molecule is CCCNc1cccc(-c2c(C)cc(C)cc2C)n1. The minimum Gasteiger partial charge on any atom is -0.370 e. The molecule has 0 aliphatic heterocycles. The Labute approximate surface area is 115 Å². The summed E-state index contributed by atoms with van der Waals surface area (Å²) in [5.74, 6) is 0.957. The number of hydrogen-bond acceptors (Lipinski definition) is 2. The summed E-state index contributed by atoms with van der Waals surface area (Å²) in [6.07, 6.45) is 1.11. The molecule has 0 spiro atoms. The van der Waals surface area contributed by atoms with Crippen LogP contribution in [-0.4, -0.2) is 11.5 Å². The third-order valence-electron chi connectivity index (χ3n) is 3.24. The molecular formula is C17H22N2. The van der Waals surface area contributed by atoms with Crippen molar-refractivity contribution < 1.29 is 0 Å². The van der Waals surface area contributed by atoms with Gasteiger partial charge in [0.05, 0.1) is 5.69 Å². The van der Waals surface area contributed by atoms with Crippen molar-refractivity contribution in [1.82, 2.24) is 4.98 Å². The van der Waals surface area contributed by atoms with Crippen LogP contribution in [0.5, 0.6) is 0 Å². The van der Waals surface area contributed by atoms with Crippen molar-refractivity contribution in [3.63, 3.8) is 0 Å². The molecule has 0 aliphatic rings. The molecule has 2 rings (SSSR count). The molecule has 100 valence electrons. The molecule has 0 radical (unpaired) electrons. The number of hydrogen-bond donors (Lipinski definition) is 1. The van der Waals surface area contributed by atoms with Gasteiger partial charge in [0.25, 0.3) is 0 Å². The summed E-state index contributed by atoms with van der Waals surface area (Å²) in [7, 11) is 0. The number of pyridine rings is 1. The molecule has 2 nitrogen and oxygen atoms in total. The Morgan fingerprint density at radius 1 is 1.05 bits per heavy atom. The fourth-order valence-electron chi connectivity index (χ4n) is 2.51. The molecule has 0 saturated heterocycles. The number of anilines is 1. The van der Waals surface area contributed by atoms with E-state index in [4.69, 9.17) is 4.98 Å². The summed E-state index contributed by atoms with van der Waals surface area (Å²) in [6, 6.07) is 10.6. The Morgan fingerprint density at radius 2 is 1.74 bits per heavy atom. The number of nitrogens with zero attached hydrogens (tertiary/aromatic N) is 1. The first-order valence-electron chi connectivity index (χ1n) is 6.91. The normalized spacial score (nSPS) is 10.5. The van der Waals surface area contributed by atoms with E-state index in [-0.39, 0.29) is 0 Å². The summed E-state index contributed by atoms with van der Waals surface area (Å²) >= 11 is 0. The van der Waals surface area contributed by atoms with Gasteiger partial charge >= 0.3 is 0 Å². The van der Waals surface area contributed by atoms with Crippen molar-refractivity contribution in [1.29, 1.82) is 0 Å². The zero-order valence-corrected chi connectivity index (χ0v) is 12.2. The summed E-state index contributed by atoms with van der Waals surface area (Å²) in [6.45, 7) is 9.57. The third kappa shape index (κ3) is 3.14. The van der Waals surface area contributed by atoms with E-state index in [0.717, 1.165) is 24.5 Å². The van der Waals surface area contributed by atoms with Gasteiger partial charge < -0.3 is 5.32 Å². The average Bonchev–Trinajstić information content (AvgIpc) is 2.35. The van der Waals surface area contributed by atoms with E-state index in [1.54, 1.807) is 0 Å². The summed E-state index contributed by atoms with van der Waals surface area (Å²) in [5.41, 5.74) is 6.19. The third-order valence-corrected chi connectivity index (χ3v) is 3.24. The van der Waals surface area contributed by atoms with E-state index in [1.165, 1.54) is 22.3 Å². The highest BCUT2D eigenvalue weighted by Gasteiger charge is 2.08. The molecule has 1 aromatic carbocycles. The first kappa shape index (κ1) is 13.6. The highest BCUT2D eigenvalue weighted by molar-refractivity contribution is 5.69. The van der Waals surface area contributed by atoms with Crippen molar-refractivity contribution in [2.24, 2.45) is 0 Å². The van der Waals surface area contributed by atoms with Crippen molar-refractivity contribution in [3.8, 4) is 11.3 Å². The van der Waals surface area contributed by atoms with Crippen LogP contribution < -0.4 is 5.32 Å². The van der Waals surface area contributed by atoms with Gasteiger partial charge in [-0.05, 0) is 50.5 Å². The maximum Gasteiger partial charge on any atom is 0.126 e. The standard InChI is InChI=1S/C17H22N2/c1-5-9-18-16-8-6-7-15(19-16)17-13(3)10-12(2)11-14(17)4/h6-8,10-11H,5,9H2,1-4H3,(H,18,19). The zero-order chi connectivity index (χ0) is 13.8. The van der Waals surface area contributed by atoms with Crippen molar-refractivity contribution in [3.05, 3.63) is 47.0 Å². The van der Waals surface area contributed by atoms with Gasteiger partial charge in [0.1, 0.15) is 5.82 Å². The second-order valence-electron chi connectivity index (χ2n) is 5.11. The molecule has 0 fully saturated rings. The molecule has 0 atom stereocenters. The largest absolute Gasteiger partial charge is 0.370 e. The molecule has 1 aromatic heterocycles. The van der Waals surface area contributed by atoms with Gasteiger partial charge in [-0.3, -0.25) is 0 Å². The number of benzene rings is 1. The maximum absolute atomic E-state index is 4.72. The Hall–Kier alpha value is -1.83. The van der Waals surface area contributed by atoms with Crippen molar-refractivity contribution in [2.75, 3.05) is 11.9 Å². The molecule has 0 unspecified atom stereocenters. The average molecular weight is 254 g/mol. The Balaban J connectivity index is 2.42. The smallest absolute Gasteiger partial charge is 0.126 e. The van der Waals surface area contributed by atoms with Gasteiger partial charge in [-0.1, -0.05) is 30.7 Å². The second-order valence-corrected chi connectivity index (χ2v) is 5.11. The van der Waals surface area contributed by atoms with Gasteiger partial charge in [0.15, 0.2) is 0 Å². The minimum atomic E-state index is 0.957. The van der Waals surface area contributed by atoms with Gasteiger partial charge in [-0.25, -0.2) is 4.98 Å². The molecule has 0 aliphatic carbocycles.